The third kappa shape index (κ3) is 4.70. The number of nitrogens with one attached hydrogen (secondary N) is 1. The molecule has 3 rings (SSSR count). The summed E-state index contributed by atoms with van der Waals surface area (Å²) >= 11 is 0. The van der Waals surface area contributed by atoms with E-state index in [1.807, 2.05) is 11.1 Å². The van der Waals surface area contributed by atoms with E-state index in [0.717, 1.165) is 29.0 Å². The molecule has 1 aliphatic rings. The van der Waals surface area contributed by atoms with Crippen molar-refractivity contribution < 1.29 is 23.8 Å². The summed E-state index contributed by atoms with van der Waals surface area (Å²) in [6.45, 7) is -0.323. The minimum Gasteiger partial charge on any atom is -0.497 e. The Kier molecular flexibility index (Phi) is 6.55. The zero-order chi connectivity index (χ0) is 21.7. The number of benzene rings is 1. The average molecular weight is 417 g/mol. The number of H-pyrrole nitrogens is 1. The number of hydrogen-bond donors (Lipinski definition) is 1. The van der Waals surface area contributed by atoms with Crippen LogP contribution in [0.3, 0.4) is 0 Å². The molecule has 1 N–H and O–H groups in total. The van der Waals surface area contributed by atoms with Gasteiger partial charge in [0.1, 0.15) is 18.0 Å². The van der Waals surface area contributed by atoms with E-state index in [0.29, 0.717) is 18.0 Å². The Morgan fingerprint density at radius 2 is 1.97 bits per heavy atom. The van der Waals surface area contributed by atoms with Crippen molar-refractivity contribution in [2.75, 3.05) is 27.4 Å². The highest BCUT2D eigenvalue weighted by Crippen LogP contribution is 2.38. The maximum Gasteiger partial charge on any atom is 0.328 e. The first-order valence-corrected chi connectivity index (χ1v) is 9.39. The average Bonchev–Trinajstić information content (AvgIpc) is 3.23. The van der Waals surface area contributed by atoms with Crippen molar-refractivity contribution in [3.8, 4) is 11.5 Å². The van der Waals surface area contributed by atoms with Crippen molar-refractivity contribution in [3.05, 3.63) is 56.9 Å². The van der Waals surface area contributed by atoms with Crippen LogP contribution in [0.1, 0.15) is 24.4 Å². The van der Waals surface area contributed by atoms with Crippen LogP contribution in [0.2, 0.25) is 0 Å². The van der Waals surface area contributed by atoms with Crippen LogP contribution >= 0.6 is 0 Å². The number of likely N-dealkylation sites (tertiary alicyclic amines) is 1. The SMILES string of the molecule is COc1ccc(OC)c([C@H]2CCCN2C(=O)COC(=O)Cn2ccc(=O)[nH]c2=O)c1. The second-order valence-electron chi connectivity index (χ2n) is 6.75. The summed E-state index contributed by atoms with van der Waals surface area (Å²) in [6.07, 6.45) is 2.74. The summed E-state index contributed by atoms with van der Waals surface area (Å²) in [7, 11) is 3.13. The second kappa shape index (κ2) is 9.29. The lowest BCUT2D eigenvalue weighted by Gasteiger charge is -2.26. The normalized spacial score (nSPS) is 15.7. The van der Waals surface area contributed by atoms with Gasteiger partial charge < -0.3 is 19.1 Å². The zero-order valence-electron chi connectivity index (χ0n) is 16.8. The standard InChI is InChI=1S/C20H23N3O7/c1-28-13-5-6-16(29-2)14(10-13)15-4-3-8-23(15)18(25)12-30-19(26)11-22-9-7-17(24)21-20(22)27/h5-7,9-10,15H,3-4,8,11-12H2,1-2H3,(H,21,24,27)/t15-/m1/s1. The Hall–Kier alpha value is -3.56. The van der Waals surface area contributed by atoms with Crippen LogP contribution in [0.15, 0.2) is 40.1 Å². The fraction of sp³-hybridized carbons (Fsp3) is 0.400. The number of nitrogens with zero attached hydrogens (tertiary/aromatic N) is 2. The molecule has 0 spiro atoms. The summed E-state index contributed by atoms with van der Waals surface area (Å²) in [5.41, 5.74) is -0.461. The van der Waals surface area contributed by atoms with Crippen LogP contribution in [0.4, 0.5) is 0 Å². The maximum absolute atomic E-state index is 12.7. The molecule has 1 aromatic carbocycles. The van der Waals surface area contributed by atoms with Gasteiger partial charge in [0.15, 0.2) is 6.61 Å². The van der Waals surface area contributed by atoms with Crippen LogP contribution in [-0.2, 0) is 20.9 Å². The number of aromatic nitrogens is 2. The van der Waals surface area contributed by atoms with E-state index < -0.39 is 30.4 Å². The predicted molar refractivity (Wildman–Crippen MR) is 106 cm³/mol. The highest BCUT2D eigenvalue weighted by atomic mass is 16.5. The number of rotatable bonds is 7. The van der Waals surface area contributed by atoms with E-state index >= 15 is 0 Å². The molecule has 1 aromatic heterocycles. The van der Waals surface area contributed by atoms with Gasteiger partial charge in [-0.05, 0) is 31.0 Å². The monoisotopic (exact) mass is 417 g/mol. The van der Waals surface area contributed by atoms with Gasteiger partial charge in [0, 0.05) is 24.4 Å². The Morgan fingerprint density at radius 3 is 2.67 bits per heavy atom. The molecule has 1 fully saturated rings. The summed E-state index contributed by atoms with van der Waals surface area (Å²) in [5, 5.41) is 0. The van der Waals surface area contributed by atoms with E-state index in [1.54, 1.807) is 31.3 Å². The number of esters is 1. The quantitative estimate of drug-likeness (QED) is 0.650. The van der Waals surface area contributed by atoms with Gasteiger partial charge in [-0.1, -0.05) is 0 Å². The fourth-order valence-electron chi connectivity index (χ4n) is 3.47. The summed E-state index contributed by atoms with van der Waals surface area (Å²) < 4.78 is 16.8. The number of methoxy groups -OCH3 is 2. The fourth-order valence-corrected chi connectivity index (χ4v) is 3.47. The van der Waals surface area contributed by atoms with Crippen molar-refractivity contribution >= 4 is 11.9 Å². The minimum atomic E-state index is -0.757. The lowest BCUT2D eigenvalue weighted by molar-refractivity contribution is -0.153. The van der Waals surface area contributed by atoms with Crippen molar-refractivity contribution in [1.29, 1.82) is 0 Å². The van der Waals surface area contributed by atoms with Gasteiger partial charge >= 0.3 is 11.7 Å². The van der Waals surface area contributed by atoms with E-state index in [9.17, 15) is 19.2 Å². The summed E-state index contributed by atoms with van der Waals surface area (Å²) in [4.78, 5) is 51.1. The topological polar surface area (TPSA) is 120 Å². The second-order valence-corrected chi connectivity index (χ2v) is 6.75. The first-order valence-electron chi connectivity index (χ1n) is 9.39. The first-order chi connectivity index (χ1) is 14.4. The van der Waals surface area contributed by atoms with Gasteiger partial charge in [-0.15, -0.1) is 0 Å². The molecule has 1 aliphatic heterocycles. The molecule has 1 amide bonds. The molecule has 160 valence electrons. The maximum atomic E-state index is 12.7. The van der Waals surface area contributed by atoms with Crippen molar-refractivity contribution in [3.63, 3.8) is 0 Å². The molecule has 1 saturated heterocycles. The third-order valence-corrected chi connectivity index (χ3v) is 4.92. The van der Waals surface area contributed by atoms with Crippen LogP contribution in [-0.4, -0.2) is 53.7 Å². The number of carbonyl (C=O) groups is 2. The smallest absolute Gasteiger partial charge is 0.328 e. The summed E-state index contributed by atoms with van der Waals surface area (Å²) in [6, 6.07) is 6.31. The third-order valence-electron chi connectivity index (χ3n) is 4.92. The Labute approximate surface area is 172 Å². The zero-order valence-corrected chi connectivity index (χ0v) is 16.8. The van der Waals surface area contributed by atoms with E-state index in [-0.39, 0.29) is 11.9 Å². The molecule has 0 aliphatic carbocycles. The molecule has 10 heteroatoms. The molecule has 1 atom stereocenters. The molecule has 0 unspecified atom stereocenters. The number of hydrogen-bond acceptors (Lipinski definition) is 7. The van der Waals surface area contributed by atoms with Crippen molar-refractivity contribution in [1.82, 2.24) is 14.5 Å². The van der Waals surface area contributed by atoms with Gasteiger partial charge in [-0.25, -0.2) is 4.79 Å². The van der Waals surface area contributed by atoms with E-state index in [4.69, 9.17) is 14.2 Å². The van der Waals surface area contributed by atoms with Crippen LogP contribution in [0.25, 0.3) is 0 Å². The predicted octanol–water partition coefficient (Wildman–Crippen LogP) is 0.461. The lowest BCUT2D eigenvalue weighted by Crippen LogP contribution is -2.36. The van der Waals surface area contributed by atoms with Crippen LogP contribution in [0.5, 0.6) is 11.5 Å². The van der Waals surface area contributed by atoms with Crippen molar-refractivity contribution in [2.45, 2.75) is 25.4 Å². The number of aromatic amines is 1. The number of ether oxygens (including phenoxy) is 3. The van der Waals surface area contributed by atoms with Gasteiger partial charge in [-0.3, -0.25) is 23.9 Å². The summed E-state index contributed by atoms with van der Waals surface area (Å²) in [5.74, 6) is 0.203. The van der Waals surface area contributed by atoms with E-state index in [1.165, 1.54) is 6.20 Å². The molecule has 0 radical (unpaired) electrons. The van der Waals surface area contributed by atoms with Gasteiger partial charge in [0.2, 0.25) is 0 Å². The van der Waals surface area contributed by atoms with Crippen LogP contribution < -0.4 is 20.7 Å². The van der Waals surface area contributed by atoms with Gasteiger partial charge in [0.25, 0.3) is 11.5 Å². The van der Waals surface area contributed by atoms with Gasteiger partial charge in [0.05, 0.1) is 20.3 Å². The molecule has 2 aromatic rings. The minimum absolute atomic E-state index is 0.219. The molecule has 30 heavy (non-hydrogen) atoms. The molecular formula is C20H23N3O7. The largest absolute Gasteiger partial charge is 0.497 e. The van der Waals surface area contributed by atoms with Crippen LogP contribution in [0, 0.1) is 0 Å². The Balaban J connectivity index is 1.65. The van der Waals surface area contributed by atoms with Gasteiger partial charge in [-0.2, -0.15) is 0 Å². The molecule has 10 nitrogen and oxygen atoms in total. The molecular weight excluding hydrogens is 394 g/mol. The van der Waals surface area contributed by atoms with E-state index in [2.05, 4.69) is 0 Å². The lowest BCUT2D eigenvalue weighted by atomic mass is 10.0. The highest BCUT2D eigenvalue weighted by molar-refractivity contribution is 5.81. The number of amides is 1. The molecule has 2 heterocycles. The molecule has 0 bridgehead atoms. The Bertz CT molecular complexity index is 1040. The highest BCUT2D eigenvalue weighted by Gasteiger charge is 2.32. The molecule has 0 saturated carbocycles. The van der Waals surface area contributed by atoms with Crippen molar-refractivity contribution in [2.24, 2.45) is 0 Å². The first kappa shape index (κ1) is 21.2. The Morgan fingerprint density at radius 1 is 1.17 bits per heavy atom. The number of carbonyl (C=O) groups excluding carboxylic acids is 2.